The van der Waals surface area contributed by atoms with E-state index in [1.165, 1.54) is 0 Å². The van der Waals surface area contributed by atoms with E-state index in [0.717, 1.165) is 5.56 Å². The molecule has 0 spiro atoms. The average Bonchev–Trinajstić information content (AvgIpc) is 3.50. The summed E-state index contributed by atoms with van der Waals surface area (Å²) in [4.78, 5) is 27.7. The Kier molecular flexibility index (Phi) is 7.31. The topological polar surface area (TPSA) is 112 Å². The summed E-state index contributed by atoms with van der Waals surface area (Å²) in [6.07, 6.45) is 0. The first-order chi connectivity index (χ1) is 14.8. The third kappa shape index (κ3) is 5.62. The van der Waals surface area contributed by atoms with Crippen LogP contribution in [0.5, 0.6) is 0 Å². The van der Waals surface area contributed by atoms with E-state index in [4.69, 9.17) is 9.47 Å². The van der Waals surface area contributed by atoms with Crippen molar-refractivity contribution in [2.75, 3.05) is 32.9 Å². The molecule has 1 unspecified atom stereocenters. The van der Waals surface area contributed by atoms with E-state index in [9.17, 15) is 20.0 Å². The molecule has 8 heteroatoms. The highest BCUT2D eigenvalue weighted by atomic mass is 16.6. The van der Waals surface area contributed by atoms with Gasteiger partial charge < -0.3 is 19.5 Å². The Balaban J connectivity index is 1.80. The first kappa shape index (κ1) is 23.2. The zero-order valence-corrected chi connectivity index (χ0v) is 18.3. The molecular formula is C23H31N3O5. The van der Waals surface area contributed by atoms with Crippen molar-refractivity contribution in [3.8, 4) is 6.07 Å². The summed E-state index contributed by atoms with van der Waals surface area (Å²) in [5, 5.41) is 22.9. The van der Waals surface area contributed by atoms with Gasteiger partial charge in [0.05, 0.1) is 43.8 Å². The van der Waals surface area contributed by atoms with Crippen molar-refractivity contribution in [3.05, 3.63) is 35.9 Å². The summed E-state index contributed by atoms with van der Waals surface area (Å²) in [6.45, 7) is 6.97. The summed E-state index contributed by atoms with van der Waals surface area (Å²) in [5.74, 6) is -2.45. The van der Waals surface area contributed by atoms with Crippen molar-refractivity contribution >= 4 is 11.9 Å². The van der Waals surface area contributed by atoms with Crippen molar-refractivity contribution in [3.63, 3.8) is 0 Å². The summed E-state index contributed by atoms with van der Waals surface area (Å²) in [5.41, 5.74) is 0.139. The number of esters is 1. The number of nitrogens with one attached hydrogen (secondary N) is 1. The summed E-state index contributed by atoms with van der Waals surface area (Å²) in [6, 6.07) is 10.2. The molecule has 1 saturated carbocycles. The van der Waals surface area contributed by atoms with Crippen LogP contribution in [0.1, 0.15) is 32.4 Å². The smallest absolute Gasteiger partial charge is 0.310 e. The van der Waals surface area contributed by atoms with Gasteiger partial charge in [-0.25, -0.2) is 0 Å². The third-order valence-corrected chi connectivity index (χ3v) is 5.65. The monoisotopic (exact) mass is 429 g/mol. The number of aliphatic hydroxyl groups is 1. The first-order valence-corrected chi connectivity index (χ1v) is 10.7. The highest BCUT2D eigenvalue weighted by molar-refractivity contribution is 5.91. The van der Waals surface area contributed by atoms with Gasteiger partial charge in [-0.3, -0.25) is 14.9 Å². The fraction of sp³-hybridized carbons (Fsp3) is 0.609. The van der Waals surface area contributed by atoms with E-state index in [2.05, 4.69) is 11.4 Å². The molecule has 1 aliphatic carbocycles. The van der Waals surface area contributed by atoms with E-state index in [1.54, 1.807) is 25.7 Å². The summed E-state index contributed by atoms with van der Waals surface area (Å²) >= 11 is 0. The van der Waals surface area contributed by atoms with Gasteiger partial charge in [0.25, 0.3) is 0 Å². The molecule has 0 bridgehead atoms. The van der Waals surface area contributed by atoms with Crippen LogP contribution in [0.2, 0.25) is 0 Å². The minimum Gasteiger partial charge on any atom is -0.460 e. The van der Waals surface area contributed by atoms with Gasteiger partial charge in [0, 0.05) is 19.0 Å². The van der Waals surface area contributed by atoms with Gasteiger partial charge in [-0.1, -0.05) is 30.3 Å². The lowest BCUT2D eigenvalue weighted by atomic mass is 10.0. The molecule has 0 aromatic heterocycles. The number of nitriles is 1. The Bertz CT molecular complexity index is 811. The lowest BCUT2D eigenvalue weighted by Gasteiger charge is -2.27. The molecule has 168 valence electrons. The Labute approximate surface area is 183 Å². The van der Waals surface area contributed by atoms with Crippen LogP contribution in [0, 0.1) is 29.1 Å². The predicted molar refractivity (Wildman–Crippen MR) is 113 cm³/mol. The molecule has 2 aliphatic rings. The SMILES string of the molecule is CC(C)(C)OC(=O)[C@H]1[C@H](C(=O)N2CCOCC2)[C@@H]1C(C#N)N[C@@H](CO)c1ccccc1. The molecule has 1 saturated heterocycles. The minimum absolute atomic E-state index is 0.147. The highest BCUT2D eigenvalue weighted by Gasteiger charge is 2.64. The van der Waals surface area contributed by atoms with E-state index < -0.39 is 41.4 Å². The standard InChI is InChI=1S/C23H31N3O5/c1-23(2,3)31-22(29)20-18(19(20)21(28)26-9-11-30-12-10-26)16(13-24)25-17(14-27)15-7-5-4-6-8-15/h4-8,16-20,25,27H,9-12,14H2,1-3H3/t16?,17-,18-,19+,20+/m0/s1. The molecule has 3 rings (SSSR count). The van der Waals surface area contributed by atoms with Gasteiger partial charge >= 0.3 is 5.97 Å². The number of morpholine rings is 1. The molecule has 1 aromatic rings. The van der Waals surface area contributed by atoms with Crippen molar-refractivity contribution < 1.29 is 24.2 Å². The van der Waals surface area contributed by atoms with Gasteiger partial charge in [0.2, 0.25) is 5.91 Å². The molecule has 31 heavy (non-hydrogen) atoms. The second-order valence-electron chi connectivity index (χ2n) is 9.02. The van der Waals surface area contributed by atoms with Crippen molar-refractivity contribution in [2.45, 2.75) is 38.5 Å². The molecule has 1 aliphatic heterocycles. The average molecular weight is 430 g/mol. The van der Waals surface area contributed by atoms with Crippen LogP contribution in [-0.2, 0) is 19.1 Å². The Morgan fingerprint density at radius 2 is 1.90 bits per heavy atom. The quantitative estimate of drug-likeness (QED) is 0.628. The zero-order valence-electron chi connectivity index (χ0n) is 18.3. The zero-order chi connectivity index (χ0) is 22.6. The second-order valence-corrected chi connectivity index (χ2v) is 9.02. The normalized spacial score (nSPS) is 25.3. The van der Waals surface area contributed by atoms with Crippen molar-refractivity contribution in [1.82, 2.24) is 10.2 Å². The number of nitrogens with zero attached hydrogens (tertiary/aromatic N) is 2. The van der Waals surface area contributed by atoms with Crippen LogP contribution in [0.15, 0.2) is 30.3 Å². The molecule has 2 fully saturated rings. The number of ether oxygens (including phenoxy) is 2. The van der Waals surface area contributed by atoms with E-state index in [0.29, 0.717) is 26.3 Å². The number of benzene rings is 1. The predicted octanol–water partition coefficient (Wildman–Crippen LogP) is 1.26. The molecule has 8 nitrogen and oxygen atoms in total. The number of rotatable bonds is 7. The van der Waals surface area contributed by atoms with Gasteiger partial charge in [0.1, 0.15) is 11.6 Å². The van der Waals surface area contributed by atoms with Gasteiger partial charge in [-0.05, 0) is 26.3 Å². The number of amides is 1. The summed E-state index contributed by atoms with van der Waals surface area (Å²) < 4.78 is 10.9. The largest absolute Gasteiger partial charge is 0.460 e. The lowest BCUT2D eigenvalue weighted by molar-refractivity contribution is -0.158. The number of hydrogen-bond donors (Lipinski definition) is 2. The van der Waals surface area contributed by atoms with Gasteiger partial charge in [-0.15, -0.1) is 0 Å². The lowest BCUT2D eigenvalue weighted by Crippen LogP contribution is -2.43. The molecular weight excluding hydrogens is 398 g/mol. The van der Waals surface area contributed by atoms with Crippen LogP contribution >= 0.6 is 0 Å². The summed E-state index contributed by atoms with van der Waals surface area (Å²) in [7, 11) is 0. The maximum atomic E-state index is 13.2. The first-order valence-electron chi connectivity index (χ1n) is 10.7. The van der Waals surface area contributed by atoms with Gasteiger partial charge in [-0.2, -0.15) is 5.26 Å². The molecule has 1 heterocycles. The maximum Gasteiger partial charge on any atom is 0.310 e. The fourth-order valence-corrected chi connectivity index (χ4v) is 4.13. The fourth-order valence-electron chi connectivity index (χ4n) is 4.13. The van der Waals surface area contributed by atoms with E-state index >= 15 is 0 Å². The molecule has 1 amide bonds. The van der Waals surface area contributed by atoms with Crippen LogP contribution in [0.3, 0.4) is 0 Å². The minimum atomic E-state index is -0.787. The van der Waals surface area contributed by atoms with Crippen LogP contribution in [0.4, 0.5) is 0 Å². The van der Waals surface area contributed by atoms with E-state index in [1.807, 2.05) is 30.3 Å². The van der Waals surface area contributed by atoms with Crippen molar-refractivity contribution in [1.29, 1.82) is 5.26 Å². The van der Waals surface area contributed by atoms with Crippen LogP contribution < -0.4 is 5.32 Å². The molecule has 2 N–H and O–H groups in total. The van der Waals surface area contributed by atoms with E-state index in [-0.39, 0.29) is 12.5 Å². The number of aliphatic hydroxyl groups excluding tert-OH is 1. The van der Waals surface area contributed by atoms with Crippen LogP contribution in [-0.4, -0.2) is 66.4 Å². The molecule has 1 aromatic carbocycles. The van der Waals surface area contributed by atoms with Gasteiger partial charge in [0.15, 0.2) is 0 Å². The number of carbonyl (C=O) groups is 2. The highest BCUT2D eigenvalue weighted by Crippen LogP contribution is 2.51. The number of carbonyl (C=O) groups excluding carboxylic acids is 2. The Hall–Kier alpha value is -2.47. The third-order valence-electron chi connectivity index (χ3n) is 5.65. The molecule has 5 atom stereocenters. The van der Waals surface area contributed by atoms with Crippen molar-refractivity contribution in [2.24, 2.45) is 17.8 Å². The Morgan fingerprint density at radius 3 is 2.45 bits per heavy atom. The molecule has 0 radical (unpaired) electrons. The Morgan fingerprint density at radius 1 is 1.26 bits per heavy atom. The maximum absolute atomic E-state index is 13.2. The second kappa shape index (κ2) is 9.77. The number of hydrogen-bond acceptors (Lipinski definition) is 7. The van der Waals surface area contributed by atoms with Crippen LogP contribution in [0.25, 0.3) is 0 Å².